The molecule has 0 aliphatic heterocycles. The van der Waals surface area contributed by atoms with Crippen LogP contribution >= 0.6 is 11.6 Å². The first-order valence-corrected chi connectivity index (χ1v) is 3.89. The van der Waals surface area contributed by atoms with E-state index in [1.54, 1.807) is 0 Å². The van der Waals surface area contributed by atoms with Gasteiger partial charge in [0.15, 0.2) is 0 Å². The lowest BCUT2D eigenvalue weighted by molar-refractivity contribution is -0.644. The van der Waals surface area contributed by atoms with E-state index in [1.165, 1.54) is 0 Å². The average Bonchev–Trinajstić information content (AvgIpc) is 2.48. The number of aromatic nitrogens is 3. The molecule has 2 aromatic rings. The fourth-order valence-corrected chi connectivity index (χ4v) is 1.35. The summed E-state index contributed by atoms with van der Waals surface area (Å²) in [6.45, 7) is 0. The number of fused-ring (bicyclic) bond motifs is 1. The Labute approximate surface area is 81.6 Å². The van der Waals surface area contributed by atoms with Gasteiger partial charge in [0.25, 0.3) is 5.69 Å². The van der Waals surface area contributed by atoms with Crippen molar-refractivity contribution in [2.24, 2.45) is 0 Å². The van der Waals surface area contributed by atoms with E-state index in [9.17, 15) is 15.3 Å². The summed E-state index contributed by atoms with van der Waals surface area (Å²) in [7, 11) is 0. The van der Waals surface area contributed by atoms with Gasteiger partial charge in [0, 0.05) is 6.07 Å². The number of hydrogen-bond donors (Lipinski definition) is 1. The number of halogens is 1. The van der Waals surface area contributed by atoms with Crippen molar-refractivity contribution in [1.29, 1.82) is 0 Å². The zero-order valence-electron chi connectivity index (χ0n) is 6.60. The first kappa shape index (κ1) is 8.70. The molecule has 0 saturated heterocycles. The van der Waals surface area contributed by atoms with Gasteiger partial charge in [-0.3, -0.25) is 10.1 Å². The van der Waals surface area contributed by atoms with Crippen LogP contribution in [-0.4, -0.2) is 15.2 Å². The third-order valence-electron chi connectivity index (χ3n) is 1.72. The molecule has 2 rings (SSSR count). The number of hydrogen-bond acceptors (Lipinski definition) is 4. The molecule has 0 unspecified atom stereocenters. The van der Waals surface area contributed by atoms with Crippen LogP contribution in [0.3, 0.4) is 0 Å². The van der Waals surface area contributed by atoms with E-state index >= 15 is 0 Å². The van der Waals surface area contributed by atoms with Gasteiger partial charge >= 0.3 is 0 Å². The van der Waals surface area contributed by atoms with E-state index < -0.39 is 4.92 Å². The van der Waals surface area contributed by atoms with Crippen molar-refractivity contribution in [1.82, 2.24) is 10.3 Å². The molecule has 0 saturated carbocycles. The van der Waals surface area contributed by atoms with E-state index in [0.29, 0.717) is 0 Å². The van der Waals surface area contributed by atoms with E-state index in [0.717, 1.165) is 12.1 Å². The first-order chi connectivity index (χ1) is 6.59. The summed E-state index contributed by atoms with van der Waals surface area (Å²) < 4.78 is 0. The van der Waals surface area contributed by atoms with Crippen molar-refractivity contribution in [3.8, 4) is 0 Å². The Morgan fingerprint density at radius 2 is 2.29 bits per heavy atom. The highest BCUT2D eigenvalue weighted by Gasteiger charge is 2.17. The maximum absolute atomic E-state index is 11.0. The Balaban J connectivity index is 2.82. The molecule has 0 fully saturated rings. The highest BCUT2D eigenvalue weighted by molar-refractivity contribution is 6.35. The molecule has 0 bridgehead atoms. The van der Waals surface area contributed by atoms with Crippen LogP contribution in [0.5, 0.6) is 0 Å². The Bertz CT molecular complexity index is 523. The van der Waals surface area contributed by atoms with Crippen molar-refractivity contribution < 1.29 is 9.77 Å². The summed E-state index contributed by atoms with van der Waals surface area (Å²) in [6, 6.07) is 2.26. The van der Waals surface area contributed by atoms with Crippen LogP contribution < -0.4 is 4.85 Å². The fourth-order valence-electron chi connectivity index (χ4n) is 1.09. The van der Waals surface area contributed by atoms with E-state index in [2.05, 4.69) is 10.3 Å². The van der Waals surface area contributed by atoms with Crippen molar-refractivity contribution in [3.63, 3.8) is 0 Å². The number of benzene rings is 1. The van der Waals surface area contributed by atoms with Crippen LogP contribution in [0.4, 0.5) is 5.69 Å². The lowest BCUT2D eigenvalue weighted by atomic mass is 10.3. The van der Waals surface area contributed by atoms with Crippen molar-refractivity contribution in [2.75, 3.05) is 0 Å². The van der Waals surface area contributed by atoms with Gasteiger partial charge in [-0.05, 0) is 0 Å². The molecular weight excluding hydrogens is 212 g/mol. The second-order valence-electron chi connectivity index (χ2n) is 2.56. The van der Waals surface area contributed by atoms with Gasteiger partial charge < -0.3 is 5.21 Å². The molecule has 1 heterocycles. The SMILES string of the molecule is O=[N+]([O-])c1cc(Cl)c2[nH]n[n+]([O-])c2c1. The Morgan fingerprint density at radius 3 is 2.93 bits per heavy atom. The third kappa shape index (κ3) is 1.14. The Kier molecular flexibility index (Phi) is 1.74. The number of non-ortho nitro benzene ring substituents is 1. The molecule has 1 N–H and O–H groups in total. The molecule has 0 radical (unpaired) electrons. The van der Waals surface area contributed by atoms with Crippen LogP contribution in [0.1, 0.15) is 0 Å². The highest BCUT2D eigenvalue weighted by Crippen LogP contribution is 2.24. The van der Waals surface area contributed by atoms with Crippen LogP contribution in [0.25, 0.3) is 11.0 Å². The maximum atomic E-state index is 11.0. The van der Waals surface area contributed by atoms with Gasteiger partial charge in [-0.25, -0.2) is 0 Å². The molecule has 7 nitrogen and oxygen atoms in total. The lowest BCUT2D eigenvalue weighted by Crippen LogP contribution is -2.27. The summed E-state index contributed by atoms with van der Waals surface area (Å²) in [6.07, 6.45) is 0. The molecule has 14 heavy (non-hydrogen) atoms. The molecule has 0 aliphatic rings. The standard InChI is InChI=1S/C6H3ClN4O3/c7-4-1-3(11(13)14)2-5-6(4)8-9-10(5)12/h1-2,8H. The smallest absolute Gasteiger partial charge is 0.275 e. The second-order valence-corrected chi connectivity index (χ2v) is 2.97. The van der Waals surface area contributed by atoms with Gasteiger partial charge in [-0.1, -0.05) is 11.6 Å². The van der Waals surface area contributed by atoms with Crippen molar-refractivity contribution in [3.05, 3.63) is 32.5 Å². The Hall–Kier alpha value is -1.89. The van der Waals surface area contributed by atoms with E-state index in [-0.39, 0.29) is 26.6 Å². The summed E-state index contributed by atoms with van der Waals surface area (Å²) in [4.78, 5) is 10.1. The summed E-state index contributed by atoms with van der Waals surface area (Å²) in [5.41, 5.74) is 0.0879. The van der Waals surface area contributed by atoms with Gasteiger partial charge in [-0.15, -0.1) is 9.94 Å². The second kappa shape index (κ2) is 2.81. The third-order valence-corrected chi connectivity index (χ3v) is 2.02. The monoisotopic (exact) mass is 214 g/mol. The number of nitro benzene ring substituents is 1. The minimum atomic E-state index is -0.627. The largest absolute Gasteiger partial charge is 0.691 e. The first-order valence-electron chi connectivity index (χ1n) is 3.51. The number of aromatic amines is 1. The number of H-pyrrole nitrogens is 1. The minimum Gasteiger partial charge on any atom is -0.691 e. The molecular formula is C6H3ClN4O3. The Morgan fingerprint density at radius 1 is 1.57 bits per heavy atom. The molecule has 1 aromatic carbocycles. The molecule has 72 valence electrons. The fraction of sp³-hybridized carbons (Fsp3) is 0. The van der Waals surface area contributed by atoms with Gasteiger partial charge in [0.2, 0.25) is 11.0 Å². The van der Waals surface area contributed by atoms with E-state index in [1.807, 2.05) is 0 Å². The quantitative estimate of drug-likeness (QED) is 0.328. The van der Waals surface area contributed by atoms with Crippen molar-refractivity contribution in [2.45, 2.75) is 0 Å². The van der Waals surface area contributed by atoms with Crippen LogP contribution in [0.15, 0.2) is 12.1 Å². The predicted octanol–water partition coefficient (Wildman–Crippen LogP) is 0.758. The van der Waals surface area contributed by atoms with Crippen molar-refractivity contribution >= 4 is 28.3 Å². The molecule has 0 amide bonds. The number of rotatable bonds is 1. The summed E-state index contributed by atoms with van der Waals surface area (Å²) in [5.74, 6) is 0. The normalized spacial score (nSPS) is 10.6. The minimum absolute atomic E-state index is 0.0456. The topological polar surface area (TPSA) is 98.8 Å². The van der Waals surface area contributed by atoms with E-state index in [4.69, 9.17) is 11.6 Å². The highest BCUT2D eigenvalue weighted by atomic mass is 35.5. The number of nitro groups is 1. The van der Waals surface area contributed by atoms with Crippen LogP contribution in [-0.2, 0) is 0 Å². The molecule has 8 heteroatoms. The van der Waals surface area contributed by atoms with Gasteiger partial charge in [0.05, 0.1) is 16.2 Å². The van der Waals surface area contributed by atoms with Crippen LogP contribution in [0.2, 0.25) is 5.02 Å². The number of nitrogens with one attached hydrogen (secondary N) is 1. The molecule has 0 aliphatic carbocycles. The summed E-state index contributed by atoms with van der Waals surface area (Å²) in [5, 5.41) is 27.2. The molecule has 0 atom stereocenters. The van der Waals surface area contributed by atoms with Gasteiger partial charge in [-0.2, -0.15) is 0 Å². The zero-order chi connectivity index (χ0) is 10.3. The van der Waals surface area contributed by atoms with Crippen LogP contribution in [0, 0.1) is 15.3 Å². The molecule has 0 spiro atoms. The molecule has 1 aromatic heterocycles. The summed E-state index contributed by atoms with van der Waals surface area (Å²) >= 11 is 5.69. The predicted molar refractivity (Wildman–Crippen MR) is 46.7 cm³/mol. The number of nitrogens with zero attached hydrogens (tertiary/aromatic N) is 3. The maximum Gasteiger partial charge on any atom is 0.275 e. The zero-order valence-corrected chi connectivity index (χ0v) is 7.35. The van der Waals surface area contributed by atoms with Gasteiger partial charge in [0.1, 0.15) is 5.02 Å². The average molecular weight is 215 g/mol. The lowest BCUT2D eigenvalue weighted by Gasteiger charge is -1.94.